The van der Waals surface area contributed by atoms with Gasteiger partial charge in [-0.2, -0.15) is 0 Å². The Labute approximate surface area is 160 Å². The Kier molecular flexibility index (Phi) is 5.86. The summed E-state index contributed by atoms with van der Waals surface area (Å²) in [6.45, 7) is 3.02. The molecule has 1 unspecified atom stereocenters. The summed E-state index contributed by atoms with van der Waals surface area (Å²) in [5, 5.41) is 17.6. The van der Waals surface area contributed by atoms with Crippen LogP contribution in [0.1, 0.15) is 24.5 Å². The number of methoxy groups -OCH3 is 2. The second kappa shape index (κ2) is 8.31. The molecule has 0 saturated carbocycles. The normalized spacial score (nSPS) is 18.7. The zero-order valence-corrected chi connectivity index (χ0v) is 16.1. The zero-order valence-electron chi connectivity index (χ0n) is 16.1. The van der Waals surface area contributed by atoms with E-state index < -0.39 is 5.60 Å². The molecule has 0 amide bonds. The Morgan fingerprint density at radius 3 is 2.67 bits per heavy atom. The van der Waals surface area contributed by atoms with Crippen molar-refractivity contribution in [2.45, 2.75) is 25.4 Å². The Morgan fingerprint density at radius 1 is 1.15 bits per heavy atom. The number of rotatable bonds is 6. The topological polar surface area (TPSA) is 75.1 Å². The van der Waals surface area contributed by atoms with Crippen LogP contribution in [0.4, 0.5) is 5.69 Å². The van der Waals surface area contributed by atoms with Crippen LogP contribution in [0.3, 0.4) is 0 Å². The van der Waals surface area contributed by atoms with Crippen LogP contribution < -0.4 is 20.1 Å². The molecule has 0 aliphatic heterocycles. The highest BCUT2D eigenvalue weighted by Crippen LogP contribution is 2.37. The maximum Gasteiger partial charge on any atom is 0.195 e. The van der Waals surface area contributed by atoms with Gasteiger partial charge in [-0.15, -0.1) is 0 Å². The summed E-state index contributed by atoms with van der Waals surface area (Å²) in [6, 6.07) is 13.6. The standard InChI is InChI=1S/C21H27N3O3/c1-4-22-20(24-16-9-10-18(26-2)19(13-16)27-3)23-14-21(25)12-11-15-7-5-6-8-17(15)21/h5-10,13,25H,4,11-12,14H2,1-3H3,(H2,22,23,24). The first-order valence-corrected chi connectivity index (χ1v) is 9.17. The van der Waals surface area contributed by atoms with Gasteiger partial charge < -0.3 is 25.2 Å². The van der Waals surface area contributed by atoms with Crippen molar-refractivity contribution in [3.05, 3.63) is 53.6 Å². The van der Waals surface area contributed by atoms with E-state index in [1.165, 1.54) is 5.56 Å². The predicted octanol–water partition coefficient (Wildman–Crippen LogP) is 2.92. The maximum absolute atomic E-state index is 11.1. The fourth-order valence-corrected chi connectivity index (χ4v) is 3.40. The van der Waals surface area contributed by atoms with Gasteiger partial charge in [-0.1, -0.05) is 24.3 Å². The maximum atomic E-state index is 11.1. The lowest BCUT2D eigenvalue weighted by Crippen LogP contribution is -2.34. The largest absolute Gasteiger partial charge is 0.493 e. The van der Waals surface area contributed by atoms with Crippen LogP contribution in [0.25, 0.3) is 0 Å². The second-order valence-corrected chi connectivity index (χ2v) is 6.58. The van der Waals surface area contributed by atoms with Gasteiger partial charge in [-0.25, -0.2) is 4.99 Å². The molecule has 6 nitrogen and oxygen atoms in total. The van der Waals surface area contributed by atoms with E-state index in [1.807, 2.05) is 43.3 Å². The quantitative estimate of drug-likeness (QED) is 0.539. The van der Waals surface area contributed by atoms with Crippen LogP contribution in [-0.2, 0) is 12.0 Å². The average Bonchev–Trinajstić information content (AvgIpc) is 3.04. The van der Waals surface area contributed by atoms with E-state index in [0.717, 1.165) is 17.7 Å². The third-order valence-electron chi connectivity index (χ3n) is 4.82. The molecule has 2 aromatic rings. The minimum Gasteiger partial charge on any atom is -0.493 e. The lowest BCUT2D eigenvalue weighted by Gasteiger charge is -2.23. The van der Waals surface area contributed by atoms with Gasteiger partial charge in [-0.05, 0) is 43.0 Å². The summed E-state index contributed by atoms with van der Waals surface area (Å²) in [5.74, 6) is 1.92. The SMILES string of the molecule is CCNC(=NCC1(O)CCc2ccccc21)Nc1ccc(OC)c(OC)c1. The molecule has 1 aliphatic carbocycles. The summed E-state index contributed by atoms with van der Waals surface area (Å²) in [4.78, 5) is 4.63. The highest BCUT2D eigenvalue weighted by Gasteiger charge is 2.36. The zero-order chi connectivity index (χ0) is 19.3. The average molecular weight is 369 g/mol. The van der Waals surface area contributed by atoms with Crippen LogP contribution in [-0.4, -0.2) is 38.4 Å². The lowest BCUT2D eigenvalue weighted by molar-refractivity contribution is 0.0486. The Balaban J connectivity index is 1.78. The molecule has 3 N–H and O–H groups in total. The van der Waals surface area contributed by atoms with Crippen molar-refractivity contribution in [3.63, 3.8) is 0 Å². The molecule has 0 heterocycles. The number of aliphatic imine (C=N–C) groups is 1. The molecule has 3 rings (SSSR count). The van der Waals surface area contributed by atoms with E-state index >= 15 is 0 Å². The molecular weight excluding hydrogens is 342 g/mol. The van der Waals surface area contributed by atoms with Gasteiger partial charge in [0.25, 0.3) is 0 Å². The highest BCUT2D eigenvalue weighted by molar-refractivity contribution is 5.94. The number of nitrogens with zero attached hydrogens (tertiary/aromatic N) is 1. The van der Waals surface area contributed by atoms with Crippen molar-refractivity contribution in [2.75, 3.05) is 32.6 Å². The van der Waals surface area contributed by atoms with Crippen LogP contribution in [0.5, 0.6) is 11.5 Å². The third-order valence-corrected chi connectivity index (χ3v) is 4.82. The number of hydrogen-bond acceptors (Lipinski definition) is 4. The smallest absolute Gasteiger partial charge is 0.195 e. The summed E-state index contributed by atoms with van der Waals surface area (Å²) in [7, 11) is 3.21. The van der Waals surface area contributed by atoms with Gasteiger partial charge >= 0.3 is 0 Å². The molecule has 1 aliphatic rings. The lowest BCUT2D eigenvalue weighted by atomic mass is 9.96. The predicted molar refractivity (Wildman–Crippen MR) is 108 cm³/mol. The van der Waals surface area contributed by atoms with E-state index in [4.69, 9.17) is 9.47 Å². The number of guanidine groups is 1. The van der Waals surface area contributed by atoms with Crippen molar-refractivity contribution in [1.29, 1.82) is 0 Å². The molecule has 2 aromatic carbocycles. The second-order valence-electron chi connectivity index (χ2n) is 6.58. The third kappa shape index (κ3) is 4.17. The molecule has 6 heteroatoms. The van der Waals surface area contributed by atoms with Gasteiger partial charge in [0.15, 0.2) is 17.5 Å². The molecule has 27 heavy (non-hydrogen) atoms. The van der Waals surface area contributed by atoms with Crippen molar-refractivity contribution in [2.24, 2.45) is 4.99 Å². The molecular formula is C21H27N3O3. The first kappa shape index (κ1) is 19.0. The molecule has 144 valence electrons. The van der Waals surface area contributed by atoms with Crippen molar-refractivity contribution in [1.82, 2.24) is 5.32 Å². The molecule has 1 atom stereocenters. The van der Waals surface area contributed by atoms with Gasteiger partial charge in [-0.3, -0.25) is 0 Å². The number of aryl methyl sites for hydroxylation is 1. The van der Waals surface area contributed by atoms with Crippen LogP contribution in [0.15, 0.2) is 47.5 Å². The molecule has 0 spiro atoms. The minimum atomic E-state index is -0.920. The first-order valence-electron chi connectivity index (χ1n) is 9.17. The van der Waals surface area contributed by atoms with Crippen LogP contribution >= 0.6 is 0 Å². The highest BCUT2D eigenvalue weighted by atomic mass is 16.5. The summed E-state index contributed by atoms with van der Waals surface area (Å²) < 4.78 is 10.6. The summed E-state index contributed by atoms with van der Waals surface area (Å²) >= 11 is 0. The van der Waals surface area contributed by atoms with Gasteiger partial charge in [0.2, 0.25) is 0 Å². The fourth-order valence-electron chi connectivity index (χ4n) is 3.40. The molecule has 0 saturated heterocycles. The van der Waals surface area contributed by atoms with Crippen molar-refractivity contribution in [3.8, 4) is 11.5 Å². The molecule has 0 aromatic heterocycles. The van der Waals surface area contributed by atoms with Gasteiger partial charge in [0.05, 0.1) is 20.8 Å². The molecule has 0 radical (unpaired) electrons. The van der Waals surface area contributed by atoms with E-state index in [-0.39, 0.29) is 0 Å². The minimum absolute atomic E-state index is 0.298. The summed E-state index contributed by atoms with van der Waals surface area (Å²) in [6.07, 6.45) is 1.56. The summed E-state index contributed by atoms with van der Waals surface area (Å²) in [5.41, 5.74) is 2.09. The van der Waals surface area contributed by atoms with Gasteiger partial charge in [0.1, 0.15) is 5.60 Å². The number of ether oxygens (including phenoxy) is 2. The van der Waals surface area contributed by atoms with E-state index in [2.05, 4.69) is 21.7 Å². The van der Waals surface area contributed by atoms with Crippen LogP contribution in [0, 0.1) is 0 Å². The molecule has 0 fully saturated rings. The number of nitrogens with one attached hydrogen (secondary N) is 2. The Hall–Kier alpha value is -2.73. The number of anilines is 1. The number of fused-ring (bicyclic) bond motifs is 1. The Bertz CT molecular complexity index is 822. The molecule has 0 bridgehead atoms. The fraction of sp³-hybridized carbons (Fsp3) is 0.381. The van der Waals surface area contributed by atoms with Crippen LogP contribution in [0.2, 0.25) is 0 Å². The monoisotopic (exact) mass is 369 g/mol. The van der Waals surface area contributed by atoms with E-state index in [1.54, 1.807) is 14.2 Å². The van der Waals surface area contributed by atoms with E-state index in [9.17, 15) is 5.11 Å². The number of benzene rings is 2. The Morgan fingerprint density at radius 2 is 1.93 bits per heavy atom. The van der Waals surface area contributed by atoms with Crippen molar-refractivity contribution < 1.29 is 14.6 Å². The first-order chi connectivity index (χ1) is 13.1. The van der Waals surface area contributed by atoms with Crippen molar-refractivity contribution >= 4 is 11.6 Å². The van der Waals surface area contributed by atoms with Gasteiger partial charge in [0, 0.05) is 18.3 Å². The number of hydrogen-bond donors (Lipinski definition) is 3. The number of aliphatic hydroxyl groups is 1. The van der Waals surface area contributed by atoms with E-state index in [0.29, 0.717) is 37.0 Å².